The monoisotopic (exact) mass is 296 g/mol. The fraction of sp³-hybridized carbons (Fsp3) is 0.600. The highest BCUT2D eigenvalue weighted by Crippen LogP contribution is 2.37. The first kappa shape index (κ1) is 13.1. The summed E-state index contributed by atoms with van der Waals surface area (Å²) in [4.78, 5) is 0. The van der Waals surface area contributed by atoms with Gasteiger partial charge in [-0.3, -0.25) is 0 Å². The molecule has 1 aromatic rings. The van der Waals surface area contributed by atoms with Gasteiger partial charge in [0.05, 0.1) is 11.7 Å². The molecule has 0 bridgehead atoms. The van der Waals surface area contributed by atoms with E-state index in [0.717, 1.165) is 5.33 Å². The molecular weight excluding hydrogens is 276 g/mol. The average Bonchev–Trinajstić information content (AvgIpc) is 2.41. The number of ether oxygens (including phenoxy) is 1. The lowest BCUT2D eigenvalue weighted by molar-refractivity contribution is -0.0930. The van der Waals surface area contributed by atoms with Crippen molar-refractivity contribution in [3.8, 4) is 0 Å². The van der Waals surface area contributed by atoms with Crippen molar-refractivity contribution < 1.29 is 4.74 Å². The van der Waals surface area contributed by atoms with Crippen molar-refractivity contribution >= 4 is 15.9 Å². The van der Waals surface area contributed by atoms with E-state index in [1.165, 1.54) is 37.7 Å². The number of benzene rings is 1. The zero-order valence-electron chi connectivity index (χ0n) is 10.5. The first-order valence-electron chi connectivity index (χ1n) is 6.54. The third-order valence-electron chi connectivity index (χ3n) is 3.70. The van der Waals surface area contributed by atoms with Crippen molar-refractivity contribution in [2.75, 3.05) is 5.33 Å². The Morgan fingerprint density at radius 1 is 1.18 bits per heavy atom. The molecule has 1 atom stereocenters. The minimum absolute atomic E-state index is 0.0630. The zero-order valence-corrected chi connectivity index (χ0v) is 12.1. The standard InChI is InChI=1S/C15H21BrO/c1-13(14-8-4-2-5-9-14)17-15(12-16)10-6-3-7-11-15/h2,4-5,8-9,13H,3,6-7,10-12H2,1H3. The lowest BCUT2D eigenvalue weighted by Gasteiger charge is -2.38. The molecule has 0 aliphatic heterocycles. The van der Waals surface area contributed by atoms with Crippen LogP contribution in [0.5, 0.6) is 0 Å². The molecule has 17 heavy (non-hydrogen) atoms. The van der Waals surface area contributed by atoms with Crippen molar-refractivity contribution in [3.63, 3.8) is 0 Å². The Morgan fingerprint density at radius 2 is 1.82 bits per heavy atom. The summed E-state index contributed by atoms with van der Waals surface area (Å²) in [6.07, 6.45) is 6.52. The van der Waals surface area contributed by atoms with Gasteiger partial charge in [0.25, 0.3) is 0 Å². The average molecular weight is 297 g/mol. The van der Waals surface area contributed by atoms with Crippen molar-refractivity contribution in [1.29, 1.82) is 0 Å². The van der Waals surface area contributed by atoms with Gasteiger partial charge in [-0.2, -0.15) is 0 Å². The molecule has 1 aliphatic carbocycles. The summed E-state index contributed by atoms with van der Waals surface area (Å²) in [6, 6.07) is 10.5. The number of rotatable bonds is 4. The first-order chi connectivity index (χ1) is 8.26. The molecule has 0 saturated heterocycles. The van der Waals surface area contributed by atoms with E-state index in [-0.39, 0.29) is 11.7 Å². The summed E-state index contributed by atoms with van der Waals surface area (Å²) in [6.45, 7) is 2.16. The number of alkyl halides is 1. The van der Waals surface area contributed by atoms with Crippen molar-refractivity contribution in [2.24, 2.45) is 0 Å². The number of hydrogen-bond donors (Lipinski definition) is 0. The molecule has 1 aromatic carbocycles. The van der Waals surface area contributed by atoms with Crippen LogP contribution < -0.4 is 0 Å². The fourth-order valence-corrected chi connectivity index (χ4v) is 3.34. The molecule has 1 aliphatic rings. The molecule has 2 heteroatoms. The summed E-state index contributed by atoms with van der Waals surface area (Å²) in [7, 11) is 0. The van der Waals surface area contributed by atoms with E-state index >= 15 is 0 Å². The molecule has 1 nitrogen and oxygen atoms in total. The Hall–Kier alpha value is -0.340. The van der Waals surface area contributed by atoms with Crippen LogP contribution >= 0.6 is 15.9 Å². The minimum Gasteiger partial charge on any atom is -0.367 e. The van der Waals surface area contributed by atoms with E-state index in [1.54, 1.807) is 0 Å². The zero-order chi connectivity index (χ0) is 12.1. The molecule has 0 aromatic heterocycles. The van der Waals surface area contributed by atoms with Crippen molar-refractivity contribution in [1.82, 2.24) is 0 Å². The minimum atomic E-state index is 0.0630. The highest BCUT2D eigenvalue weighted by molar-refractivity contribution is 9.09. The maximum atomic E-state index is 6.37. The number of hydrogen-bond acceptors (Lipinski definition) is 1. The number of halogens is 1. The molecule has 1 saturated carbocycles. The van der Waals surface area contributed by atoms with Crippen LogP contribution in [0.25, 0.3) is 0 Å². The fourth-order valence-electron chi connectivity index (χ4n) is 2.65. The highest BCUT2D eigenvalue weighted by atomic mass is 79.9. The first-order valence-corrected chi connectivity index (χ1v) is 7.67. The molecule has 0 N–H and O–H groups in total. The second kappa shape index (κ2) is 6.01. The van der Waals surface area contributed by atoms with Gasteiger partial charge in [-0.15, -0.1) is 0 Å². The normalized spacial score (nSPS) is 21.1. The van der Waals surface area contributed by atoms with Gasteiger partial charge in [0.1, 0.15) is 0 Å². The van der Waals surface area contributed by atoms with Crippen LogP contribution in [0, 0.1) is 0 Å². The van der Waals surface area contributed by atoms with Gasteiger partial charge in [0.2, 0.25) is 0 Å². The van der Waals surface area contributed by atoms with Crippen molar-refractivity contribution in [3.05, 3.63) is 35.9 Å². The van der Waals surface area contributed by atoms with Crippen LogP contribution in [-0.2, 0) is 4.74 Å². The molecule has 2 rings (SSSR count). The van der Waals surface area contributed by atoms with Crippen LogP contribution in [0.4, 0.5) is 0 Å². The molecular formula is C15H21BrO. The molecule has 94 valence electrons. The van der Waals surface area contributed by atoms with Gasteiger partial charge in [0.15, 0.2) is 0 Å². The van der Waals surface area contributed by atoms with E-state index in [1.807, 2.05) is 0 Å². The van der Waals surface area contributed by atoms with Gasteiger partial charge in [-0.05, 0) is 25.3 Å². The summed E-state index contributed by atoms with van der Waals surface area (Å²) in [5, 5.41) is 0.956. The Bertz CT molecular complexity index is 330. The molecule has 1 fully saturated rings. The van der Waals surface area contributed by atoms with Gasteiger partial charge in [-0.1, -0.05) is 65.5 Å². The largest absolute Gasteiger partial charge is 0.367 e. The van der Waals surface area contributed by atoms with Crippen molar-refractivity contribution in [2.45, 2.75) is 50.7 Å². The molecule has 0 heterocycles. The Morgan fingerprint density at radius 3 is 2.41 bits per heavy atom. The third-order valence-corrected chi connectivity index (χ3v) is 4.73. The lowest BCUT2D eigenvalue weighted by Crippen LogP contribution is -2.37. The lowest BCUT2D eigenvalue weighted by atomic mass is 9.86. The van der Waals surface area contributed by atoms with Gasteiger partial charge >= 0.3 is 0 Å². The quantitative estimate of drug-likeness (QED) is 0.721. The molecule has 0 spiro atoms. The van der Waals surface area contributed by atoms with E-state index in [2.05, 4.69) is 53.2 Å². The Balaban J connectivity index is 2.03. The molecule has 0 radical (unpaired) electrons. The molecule has 0 amide bonds. The predicted molar refractivity (Wildman–Crippen MR) is 75.6 cm³/mol. The van der Waals surface area contributed by atoms with E-state index < -0.39 is 0 Å². The molecule has 1 unspecified atom stereocenters. The summed E-state index contributed by atoms with van der Waals surface area (Å²) < 4.78 is 6.37. The smallest absolute Gasteiger partial charge is 0.0804 e. The van der Waals surface area contributed by atoms with E-state index in [4.69, 9.17) is 4.74 Å². The van der Waals surface area contributed by atoms with Crippen LogP contribution in [0.1, 0.15) is 50.7 Å². The van der Waals surface area contributed by atoms with Gasteiger partial charge in [-0.25, -0.2) is 0 Å². The van der Waals surface area contributed by atoms with E-state index in [9.17, 15) is 0 Å². The SMILES string of the molecule is CC(OC1(CBr)CCCCC1)c1ccccc1. The summed E-state index contributed by atoms with van der Waals surface area (Å²) in [5.74, 6) is 0. The summed E-state index contributed by atoms with van der Waals surface area (Å²) >= 11 is 3.64. The van der Waals surface area contributed by atoms with Gasteiger partial charge < -0.3 is 4.74 Å². The second-order valence-electron chi connectivity index (χ2n) is 5.05. The Labute approximate surface area is 113 Å². The van der Waals surface area contributed by atoms with Crippen LogP contribution in [0.3, 0.4) is 0 Å². The van der Waals surface area contributed by atoms with Crippen LogP contribution in [0.15, 0.2) is 30.3 Å². The summed E-state index contributed by atoms with van der Waals surface area (Å²) in [5.41, 5.74) is 1.34. The maximum absolute atomic E-state index is 6.37. The predicted octanol–water partition coefficient (Wildman–Crippen LogP) is 4.86. The van der Waals surface area contributed by atoms with E-state index in [0.29, 0.717) is 0 Å². The third kappa shape index (κ3) is 3.32. The van der Waals surface area contributed by atoms with Crippen LogP contribution in [-0.4, -0.2) is 10.9 Å². The van der Waals surface area contributed by atoms with Gasteiger partial charge in [0, 0.05) is 5.33 Å². The van der Waals surface area contributed by atoms with Crippen LogP contribution in [0.2, 0.25) is 0 Å². The second-order valence-corrected chi connectivity index (χ2v) is 5.61. The Kier molecular flexibility index (Phi) is 4.63. The maximum Gasteiger partial charge on any atom is 0.0804 e. The topological polar surface area (TPSA) is 9.23 Å². The highest BCUT2D eigenvalue weighted by Gasteiger charge is 2.33.